The molecule has 4 aromatic rings. The Morgan fingerprint density at radius 2 is 1.33 bits per heavy atom. The van der Waals surface area contributed by atoms with E-state index in [0.29, 0.717) is 50.7 Å². The zero-order valence-electron chi connectivity index (χ0n) is 25.3. The zero-order valence-corrected chi connectivity index (χ0v) is 26.2. The van der Waals surface area contributed by atoms with Crippen molar-refractivity contribution in [3.05, 3.63) is 76.9 Å². The number of aliphatic carboxylic acids is 1. The van der Waals surface area contributed by atoms with Crippen LogP contribution in [-0.2, 0) is 11.2 Å². The van der Waals surface area contributed by atoms with Crippen LogP contribution in [0.1, 0.15) is 63.0 Å². The summed E-state index contributed by atoms with van der Waals surface area (Å²) in [5.41, 5.74) is 2.44. The number of Topliss-reactive ketones (excluding diaryl/α,β-unsaturated/α-hetero) is 1. The lowest BCUT2D eigenvalue weighted by molar-refractivity contribution is -0.130. The molecule has 0 aliphatic heterocycles. The van der Waals surface area contributed by atoms with Gasteiger partial charge >= 0.3 is 5.97 Å². The lowest BCUT2D eigenvalue weighted by atomic mass is 9.89. The van der Waals surface area contributed by atoms with Crippen molar-refractivity contribution < 1.29 is 33.6 Å². The molecule has 0 aliphatic rings. The van der Waals surface area contributed by atoms with E-state index in [1.165, 1.54) is 7.11 Å². The van der Waals surface area contributed by atoms with Gasteiger partial charge in [0.15, 0.2) is 17.3 Å². The van der Waals surface area contributed by atoms with Crippen LogP contribution in [0.15, 0.2) is 60.2 Å². The van der Waals surface area contributed by atoms with Crippen molar-refractivity contribution in [2.45, 2.75) is 66.3 Å². The van der Waals surface area contributed by atoms with Crippen LogP contribution in [0.3, 0.4) is 0 Å². The van der Waals surface area contributed by atoms with Crippen LogP contribution in [0.2, 0.25) is 0 Å². The highest BCUT2D eigenvalue weighted by Gasteiger charge is 2.26. The van der Waals surface area contributed by atoms with Crippen molar-refractivity contribution in [2.75, 3.05) is 7.11 Å². The van der Waals surface area contributed by atoms with Gasteiger partial charge in [-0.15, -0.1) is 0 Å². The molecule has 0 saturated carbocycles. The van der Waals surface area contributed by atoms with Crippen LogP contribution in [0.5, 0.6) is 23.0 Å². The third-order valence-electron chi connectivity index (χ3n) is 6.22. The van der Waals surface area contributed by atoms with Gasteiger partial charge in [-0.05, 0) is 101 Å². The number of ether oxygens (including phenoxy) is 4. The predicted octanol–water partition coefficient (Wildman–Crippen LogP) is 7.03. The topological polar surface area (TPSA) is 117 Å². The number of hydrogen-bond acceptors (Lipinski definition) is 9. The van der Waals surface area contributed by atoms with E-state index in [1.807, 2.05) is 41.5 Å². The minimum atomic E-state index is -1.24. The van der Waals surface area contributed by atoms with E-state index >= 15 is 0 Å². The molecule has 0 atom stereocenters. The molecule has 0 aliphatic carbocycles. The fraction of sp³-hybridized carbons (Fsp3) is 0.333. The first-order chi connectivity index (χ1) is 20.5. The summed E-state index contributed by atoms with van der Waals surface area (Å²) in [5, 5.41) is 10.5. The molecule has 9 nitrogen and oxygen atoms in total. The number of nitrogens with zero attached hydrogens (tertiary/aromatic N) is 2. The smallest absolute Gasteiger partial charge is 0.336 e. The molecule has 0 radical (unpaired) electrons. The van der Waals surface area contributed by atoms with Crippen molar-refractivity contribution >= 4 is 40.1 Å². The number of carboxylic acids is 1. The zero-order chi connectivity index (χ0) is 31.3. The molecule has 0 fully saturated rings. The second-order valence-corrected chi connectivity index (χ2v) is 11.3. The first kappa shape index (κ1) is 31.5. The Morgan fingerprint density at radius 1 is 0.767 bits per heavy atom. The Kier molecular flexibility index (Phi) is 10.0. The third kappa shape index (κ3) is 7.70. The normalized spacial score (nSPS) is 12.0. The monoisotopic (exact) mass is 604 g/mol. The maximum Gasteiger partial charge on any atom is 0.336 e. The summed E-state index contributed by atoms with van der Waals surface area (Å²) in [5.74, 6) is 0.245. The van der Waals surface area contributed by atoms with E-state index in [9.17, 15) is 14.7 Å². The maximum absolute atomic E-state index is 14.1. The molecule has 43 heavy (non-hydrogen) atoms. The molecule has 0 unspecified atom stereocenters. The minimum absolute atomic E-state index is 0.0231. The summed E-state index contributed by atoms with van der Waals surface area (Å²) in [6.07, 6.45) is -0.540. The van der Waals surface area contributed by atoms with Crippen LogP contribution < -0.4 is 18.9 Å². The van der Waals surface area contributed by atoms with Gasteiger partial charge in [0.25, 0.3) is 0 Å². The van der Waals surface area contributed by atoms with Gasteiger partial charge in [-0.1, -0.05) is 6.07 Å². The van der Waals surface area contributed by atoms with Gasteiger partial charge in [-0.3, -0.25) is 4.79 Å². The van der Waals surface area contributed by atoms with Gasteiger partial charge in [0.1, 0.15) is 16.8 Å². The fourth-order valence-electron chi connectivity index (χ4n) is 4.54. The number of carbonyl (C=O) groups is 2. The molecule has 0 saturated heterocycles. The number of allylic oxidation sites excluding steroid dienone is 1. The second-order valence-electron chi connectivity index (χ2n) is 10.8. The van der Waals surface area contributed by atoms with Crippen molar-refractivity contribution in [3.8, 4) is 23.0 Å². The summed E-state index contributed by atoms with van der Waals surface area (Å²) in [6.45, 7) is 11.4. The van der Waals surface area contributed by atoms with Crippen molar-refractivity contribution in [1.82, 2.24) is 8.75 Å². The van der Waals surface area contributed by atoms with Gasteiger partial charge in [-0.25, -0.2) is 4.79 Å². The van der Waals surface area contributed by atoms with E-state index in [-0.39, 0.29) is 35.9 Å². The molecule has 1 N–H and O–H groups in total. The molecule has 10 heteroatoms. The van der Waals surface area contributed by atoms with Crippen molar-refractivity contribution in [3.63, 3.8) is 0 Å². The van der Waals surface area contributed by atoms with Gasteiger partial charge in [0.2, 0.25) is 5.75 Å². The Labute approximate surface area is 255 Å². The Balaban J connectivity index is 1.95. The molecular formula is C33H36N2O7S. The van der Waals surface area contributed by atoms with E-state index in [1.54, 1.807) is 54.6 Å². The van der Waals surface area contributed by atoms with Crippen LogP contribution >= 0.6 is 11.7 Å². The van der Waals surface area contributed by atoms with E-state index < -0.39 is 11.8 Å². The summed E-state index contributed by atoms with van der Waals surface area (Å²) in [6, 6.07) is 15.1. The highest BCUT2D eigenvalue weighted by atomic mass is 32.1. The van der Waals surface area contributed by atoms with Crippen molar-refractivity contribution in [2.24, 2.45) is 0 Å². The number of ketones is 1. The molecule has 1 heterocycles. The second kappa shape index (κ2) is 13.7. The summed E-state index contributed by atoms with van der Waals surface area (Å²) in [4.78, 5) is 27.1. The molecule has 1 aromatic heterocycles. The van der Waals surface area contributed by atoms with Crippen molar-refractivity contribution in [1.29, 1.82) is 0 Å². The molecule has 4 rings (SSSR count). The largest absolute Gasteiger partial charge is 0.497 e. The highest BCUT2D eigenvalue weighted by Crippen LogP contribution is 2.42. The lowest BCUT2D eigenvalue weighted by Gasteiger charge is -2.23. The predicted molar refractivity (Wildman–Crippen MR) is 167 cm³/mol. The Bertz CT molecular complexity index is 1610. The van der Waals surface area contributed by atoms with Crippen LogP contribution in [0.4, 0.5) is 0 Å². The number of aromatic nitrogens is 2. The first-order valence-corrected chi connectivity index (χ1v) is 14.7. The van der Waals surface area contributed by atoms with Crippen LogP contribution in [-0.4, -0.2) is 51.0 Å². The number of fused-ring (bicyclic) bond motifs is 1. The molecule has 0 bridgehead atoms. The quantitative estimate of drug-likeness (QED) is 0.127. The summed E-state index contributed by atoms with van der Waals surface area (Å²) >= 11 is 1.04. The summed E-state index contributed by atoms with van der Waals surface area (Å²) < 4.78 is 32.1. The highest BCUT2D eigenvalue weighted by molar-refractivity contribution is 7.00. The number of carbonyl (C=O) groups excluding carboxylic acids is 1. The molecule has 3 aromatic carbocycles. The standard InChI is InChI=1S/C33H36N2O7S/c1-18(2)40-28-15-21(16-29(41-19(3)4)32(28)42-20(5)6)14-25(31(36)22-8-11-24(39-7)12-9-22)30(33(37)38)23-10-13-26-27(17-23)35-43-34-26/h8-13,15-20H,14H2,1-7H3,(H,37,38). The third-order valence-corrected chi connectivity index (χ3v) is 6.78. The number of methoxy groups -OCH3 is 1. The average molecular weight is 605 g/mol. The van der Waals surface area contributed by atoms with Crippen LogP contribution in [0, 0.1) is 0 Å². The molecule has 0 spiro atoms. The number of benzene rings is 3. The SMILES string of the molecule is COc1ccc(C(=O)C(Cc2cc(OC(C)C)c(OC(C)C)c(OC(C)C)c2)=C(C(=O)O)c2ccc3nsnc3c2)cc1. The Hall–Kier alpha value is -4.44. The van der Waals surface area contributed by atoms with Gasteiger partial charge in [0, 0.05) is 17.6 Å². The fourth-order valence-corrected chi connectivity index (χ4v) is 5.05. The molecule has 226 valence electrons. The number of rotatable bonds is 13. The molecule has 0 amide bonds. The number of hydrogen-bond donors (Lipinski definition) is 1. The van der Waals surface area contributed by atoms with Crippen LogP contribution in [0.25, 0.3) is 16.6 Å². The van der Waals surface area contributed by atoms with E-state index in [0.717, 1.165) is 11.7 Å². The van der Waals surface area contributed by atoms with Gasteiger partial charge in [-0.2, -0.15) is 8.75 Å². The minimum Gasteiger partial charge on any atom is -0.497 e. The molecular weight excluding hydrogens is 568 g/mol. The van der Waals surface area contributed by atoms with E-state index in [2.05, 4.69) is 8.75 Å². The van der Waals surface area contributed by atoms with E-state index in [4.69, 9.17) is 18.9 Å². The van der Waals surface area contributed by atoms with Gasteiger partial charge in [0.05, 0.1) is 42.7 Å². The lowest BCUT2D eigenvalue weighted by Crippen LogP contribution is -2.16. The average Bonchev–Trinajstić information content (AvgIpc) is 3.41. The maximum atomic E-state index is 14.1. The van der Waals surface area contributed by atoms with Gasteiger partial charge < -0.3 is 24.1 Å². The number of carboxylic acid groups (broad SMARTS) is 1. The first-order valence-electron chi connectivity index (χ1n) is 14.0. The summed E-state index contributed by atoms with van der Waals surface area (Å²) in [7, 11) is 1.54. The Morgan fingerprint density at radius 3 is 1.86 bits per heavy atom.